The minimum Gasteiger partial charge on any atom is -0.552 e. The molecule has 0 aliphatic rings. The first kappa shape index (κ1) is 41.9. The molecule has 1 unspecified atom stereocenters. The fraction of sp³-hybridized carbons (Fsp3) is 0.906. The van der Waals surface area contributed by atoms with Crippen molar-refractivity contribution in [3.05, 3.63) is 19.7 Å². The summed E-state index contributed by atoms with van der Waals surface area (Å²) >= 11 is 0. The van der Waals surface area contributed by atoms with E-state index < -0.39 is 0 Å². The predicted octanol–water partition coefficient (Wildman–Crippen LogP) is 8.45. The van der Waals surface area contributed by atoms with E-state index >= 15 is 0 Å². The average molecular weight is 749 g/mol. The van der Waals surface area contributed by atoms with Gasteiger partial charge in [0.1, 0.15) is 0 Å². The minimum absolute atomic E-state index is 0. The molecule has 220 valence electrons. The third-order valence-corrected chi connectivity index (χ3v) is 6.67. The van der Waals surface area contributed by atoms with Gasteiger partial charge in [0.05, 0.1) is 0 Å². The Morgan fingerprint density at radius 1 is 0.730 bits per heavy atom. The van der Waals surface area contributed by atoms with Crippen LogP contribution in [-0.2, 0) is 4.74 Å². The molecular formula is C32H66N2O2U. The van der Waals surface area contributed by atoms with Gasteiger partial charge in [0.25, 0.3) is 0 Å². The Labute approximate surface area is 258 Å². The van der Waals surface area contributed by atoms with Crippen LogP contribution in [-0.4, -0.2) is 68.0 Å². The van der Waals surface area contributed by atoms with Gasteiger partial charge in [-0.25, -0.2) is 0 Å². The molecule has 0 saturated carbocycles. The van der Waals surface area contributed by atoms with Crippen molar-refractivity contribution in [1.29, 1.82) is 0 Å². The van der Waals surface area contributed by atoms with E-state index in [2.05, 4.69) is 57.4 Å². The maximum atomic E-state index is 8.93. The third kappa shape index (κ3) is 34.4. The van der Waals surface area contributed by atoms with E-state index in [1.165, 1.54) is 103 Å². The molecule has 0 aromatic heterocycles. The van der Waals surface area contributed by atoms with Crippen molar-refractivity contribution < 1.29 is 41.0 Å². The van der Waals surface area contributed by atoms with Crippen LogP contribution < -0.4 is 0 Å². The summed E-state index contributed by atoms with van der Waals surface area (Å²) in [5.74, 6) is 0. The largest absolute Gasteiger partial charge is 2.00 e. The Morgan fingerprint density at radius 2 is 1.27 bits per heavy atom. The van der Waals surface area contributed by atoms with Gasteiger partial charge in [-0.15, -0.1) is 0 Å². The molecule has 1 atom stereocenters. The molecule has 0 amide bonds. The Kier molecular flexibility index (Phi) is 41.3. The second-order valence-electron chi connectivity index (χ2n) is 10.5. The van der Waals surface area contributed by atoms with Crippen molar-refractivity contribution in [2.75, 3.05) is 47.0 Å². The number of hydrogen-bond acceptors (Lipinski definition) is 4. The first-order chi connectivity index (χ1) is 17.6. The smallest absolute Gasteiger partial charge is 0.552 e. The zero-order valence-corrected chi connectivity index (χ0v) is 29.9. The summed E-state index contributed by atoms with van der Waals surface area (Å²) in [6, 6.07) is 0.583. The summed E-state index contributed by atoms with van der Waals surface area (Å²) in [5, 5.41) is 8.93. The molecule has 0 aliphatic carbocycles. The summed E-state index contributed by atoms with van der Waals surface area (Å²) in [5.41, 5.74) is 0. The second-order valence-corrected chi connectivity index (χ2v) is 10.5. The fourth-order valence-corrected chi connectivity index (χ4v) is 4.32. The second kappa shape index (κ2) is 36.5. The molecule has 5 heteroatoms. The molecule has 0 aromatic carbocycles. The number of hydrogen-bond donors (Lipinski definition) is 1. The van der Waals surface area contributed by atoms with Gasteiger partial charge < -0.3 is 32.8 Å². The van der Waals surface area contributed by atoms with Crippen LogP contribution in [0.15, 0.2) is 6.58 Å². The molecule has 0 spiro atoms. The van der Waals surface area contributed by atoms with Crippen LogP contribution in [0.3, 0.4) is 0 Å². The van der Waals surface area contributed by atoms with Crippen LogP contribution in [0, 0.1) is 44.2 Å². The molecule has 0 heterocycles. The molecule has 37 heavy (non-hydrogen) atoms. The summed E-state index contributed by atoms with van der Waals surface area (Å²) in [6.45, 7) is 16.5. The predicted molar refractivity (Wildman–Crippen MR) is 160 cm³/mol. The van der Waals surface area contributed by atoms with Crippen LogP contribution in [0.5, 0.6) is 0 Å². The summed E-state index contributed by atoms with van der Waals surface area (Å²) < 4.78 is 5.66. The average Bonchev–Trinajstić information content (AvgIpc) is 2.87. The zero-order valence-electron chi connectivity index (χ0n) is 25.7. The van der Waals surface area contributed by atoms with Gasteiger partial charge in [-0.3, -0.25) is 6.58 Å². The third-order valence-electron chi connectivity index (χ3n) is 6.67. The van der Waals surface area contributed by atoms with Gasteiger partial charge in [0.2, 0.25) is 0 Å². The van der Waals surface area contributed by atoms with Crippen LogP contribution in [0.1, 0.15) is 136 Å². The first-order valence-corrected chi connectivity index (χ1v) is 15.5. The quantitative estimate of drug-likeness (QED) is 0.0520. The Hall–Kier alpha value is 0.472. The fourth-order valence-electron chi connectivity index (χ4n) is 4.32. The molecule has 0 aliphatic heterocycles. The van der Waals surface area contributed by atoms with E-state index in [0.717, 1.165) is 45.6 Å². The Morgan fingerprint density at radius 3 is 1.76 bits per heavy atom. The van der Waals surface area contributed by atoms with Crippen LogP contribution in [0.25, 0.3) is 0 Å². The van der Waals surface area contributed by atoms with Crippen molar-refractivity contribution in [1.82, 2.24) is 9.80 Å². The van der Waals surface area contributed by atoms with Gasteiger partial charge >= 0.3 is 31.1 Å². The van der Waals surface area contributed by atoms with Crippen LogP contribution in [0.4, 0.5) is 0 Å². The summed E-state index contributed by atoms with van der Waals surface area (Å²) in [4.78, 5) is 4.64. The monoisotopic (exact) mass is 749 g/mol. The standard InChI is InChI=1S/C26H53N2O2.C6H13.U/c1-5-7-24-30-25-17-13-9-11-15-20-26(19-14-10-8-12-16-23-29)28(6-2)22-18-21-27(3)4;1-3-5-6-4-2;/h26,29H,2,5,7-25H2,1,3-4H3;1,3-6H2,2H3;/q2*-1;+2. The van der Waals surface area contributed by atoms with Gasteiger partial charge in [-0.05, 0) is 71.8 Å². The number of ether oxygens (including phenoxy) is 1. The van der Waals surface area contributed by atoms with Gasteiger partial charge in [-0.2, -0.15) is 6.42 Å². The molecule has 0 fully saturated rings. The molecule has 4 nitrogen and oxygen atoms in total. The van der Waals surface area contributed by atoms with E-state index in [1.54, 1.807) is 0 Å². The van der Waals surface area contributed by atoms with Gasteiger partial charge in [-0.1, -0.05) is 90.9 Å². The van der Waals surface area contributed by atoms with E-state index in [4.69, 9.17) is 9.84 Å². The number of nitrogens with zero attached hydrogens (tertiary/aromatic N) is 2. The molecule has 0 saturated heterocycles. The van der Waals surface area contributed by atoms with Crippen molar-refractivity contribution in [3.63, 3.8) is 0 Å². The molecule has 0 aromatic rings. The van der Waals surface area contributed by atoms with Crippen molar-refractivity contribution in [2.45, 2.75) is 142 Å². The van der Waals surface area contributed by atoms with E-state index in [9.17, 15) is 0 Å². The minimum atomic E-state index is 0. The number of rotatable bonds is 27. The summed E-state index contributed by atoms with van der Waals surface area (Å²) in [7, 11) is 4.28. The van der Waals surface area contributed by atoms with E-state index in [-0.39, 0.29) is 31.1 Å². The summed E-state index contributed by atoms with van der Waals surface area (Å²) in [6.07, 6.45) is 26.7. The Bertz CT molecular complexity index is 406. The zero-order chi connectivity index (χ0) is 27.1. The number of unbranched alkanes of at least 4 members (excludes halogenated alkanes) is 12. The molecule has 1 N–H and O–H groups in total. The van der Waals surface area contributed by atoms with Crippen molar-refractivity contribution >= 4 is 0 Å². The number of aliphatic hydroxyl groups is 1. The van der Waals surface area contributed by atoms with Crippen molar-refractivity contribution in [3.8, 4) is 0 Å². The first-order valence-electron chi connectivity index (χ1n) is 15.5. The normalized spacial score (nSPS) is 11.5. The van der Waals surface area contributed by atoms with Crippen molar-refractivity contribution in [2.24, 2.45) is 0 Å². The van der Waals surface area contributed by atoms with Crippen LogP contribution in [0.2, 0.25) is 0 Å². The SMILES string of the molecule is C=[C-]N(CCCN(C)C)C(CCCCCCCO)CCCCCCCOCCCC.[CH2-]CCCCC.[U+2]. The molecular weight excluding hydrogens is 682 g/mol. The van der Waals surface area contributed by atoms with Gasteiger partial charge in [0.15, 0.2) is 0 Å². The Balaban J connectivity index is -0.00000146. The topological polar surface area (TPSA) is 35.9 Å². The van der Waals surface area contributed by atoms with E-state index in [0.29, 0.717) is 12.6 Å². The van der Waals surface area contributed by atoms with E-state index in [1.807, 2.05) is 0 Å². The molecule has 0 rings (SSSR count). The molecule has 0 bridgehead atoms. The molecule has 0 radical (unpaired) electrons. The maximum absolute atomic E-state index is 8.93. The van der Waals surface area contributed by atoms with Crippen LogP contribution >= 0.6 is 0 Å². The number of aliphatic hydroxyl groups excluding tert-OH is 1. The van der Waals surface area contributed by atoms with Gasteiger partial charge in [0, 0.05) is 19.8 Å². The maximum Gasteiger partial charge on any atom is 2.00 e.